The van der Waals surface area contributed by atoms with E-state index in [2.05, 4.69) is 29.9 Å². The minimum Gasteiger partial charge on any atom is -0.368 e. The van der Waals surface area contributed by atoms with Crippen molar-refractivity contribution in [2.24, 2.45) is 0 Å². The van der Waals surface area contributed by atoms with E-state index in [0.29, 0.717) is 0 Å². The summed E-state index contributed by atoms with van der Waals surface area (Å²) in [6, 6.07) is 10.3. The van der Waals surface area contributed by atoms with Crippen LogP contribution in [-0.2, 0) is 20.2 Å². The fourth-order valence-electron chi connectivity index (χ4n) is 3.36. The second-order valence-electron chi connectivity index (χ2n) is 7.37. The molecule has 2 aromatic heterocycles. The summed E-state index contributed by atoms with van der Waals surface area (Å²) in [6.45, 7) is 0. The molecule has 4 aromatic rings. The summed E-state index contributed by atoms with van der Waals surface area (Å²) < 4.78 is 68.8. The van der Waals surface area contributed by atoms with Gasteiger partial charge in [0.15, 0.2) is 0 Å². The second-order valence-corrected chi connectivity index (χ2v) is 10.8. The van der Waals surface area contributed by atoms with Crippen LogP contribution in [0.4, 0.5) is 23.8 Å². The molecule has 0 fully saturated rings. The Hall–Kier alpha value is -4.00. The maximum Gasteiger partial charge on any atom is 0.295 e. The predicted molar refractivity (Wildman–Crippen MR) is 141 cm³/mol. The van der Waals surface area contributed by atoms with E-state index in [-0.39, 0.29) is 28.7 Å². The van der Waals surface area contributed by atoms with Crippen molar-refractivity contribution in [1.29, 1.82) is 0 Å². The molecule has 0 aliphatic rings. The summed E-state index contributed by atoms with van der Waals surface area (Å²) >= 11 is 12.0. The van der Waals surface area contributed by atoms with Crippen molar-refractivity contribution in [3.63, 3.8) is 0 Å². The Kier molecular flexibility index (Phi) is 7.64. The van der Waals surface area contributed by atoms with Crippen LogP contribution in [0.5, 0.6) is 0 Å². The van der Waals surface area contributed by atoms with Gasteiger partial charge in [-0.25, -0.2) is 4.90 Å². The molecule has 0 amide bonds. The van der Waals surface area contributed by atoms with Crippen LogP contribution in [0.3, 0.4) is 0 Å². The molecule has 2 heterocycles. The van der Waals surface area contributed by atoms with Gasteiger partial charge in [0.25, 0.3) is 20.2 Å². The zero-order chi connectivity index (χ0) is 28.5. The Balaban J connectivity index is 2.20. The second kappa shape index (κ2) is 10.6. The molecule has 0 aliphatic carbocycles. The predicted octanol–water partition coefficient (Wildman–Crippen LogP) is 2.36. The van der Waals surface area contributed by atoms with E-state index in [1.807, 2.05) is 0 Å². The van der Waals surface area contributed by atoms with Gasteiger partial charge >= 0.3 is 0 Å². The Labute approximate surface area is 230 Å². The summed E-state index contributed by atoms with van der Waals surface area (Å²) in [7, 11) is -9.66. The molecule has 0 unspecified atom stereocenters. The quantitative estimate of drug-likeness (QED) is 0.173. The Bertz CT molecular complexity index is 1750. The third-order valence-electron chi connectivity index (χ3n) is 4.80. The van der Waals surface area contributed by atoms with Crippen molar-refractivity contribution in [2.75, 3.05) is 16.4 Å². The van der Waals surface area contributed by atoms with Crippen LogP contribution >= 0.6 is 23.2 Å². The van der Waals surface area contributed by atoms with Crippen LogP contribution < -0.4 is 16.4 Å². The van der Waals surface area contributed by atoms with E-state index in [9.17, 15) is 25.9 Å². The average molecular weight is 612 g/mol. The van der Waals surface area contributed by atoms with Crippen LogP contribution in [0.25, 0.3) is 11.8 Å². The lowest BCUT2D eigenvalue weighted by Gasteiger charge is -2.25. The van der Waals surface area contributed by atoms with Gasteiger partial charge in [0.1, 0.15) is 9.79 Å². The topological polar surface area (TPSA) is 241 Å². The molecule has 39 heavy (non-hydrogen) atoms. The maximum atomic E-state index is 12.4. The normalized spacial score (nSPS) is 12.4. The summed E-state index contributed by atoms with van der Waals surface area (Å²) in [5.41, 5.74) is 10.9. The highest BCUT2D eigenvalue weighted by Crippen LogP contribution is 2.36. The number of anilines is 4. The first kappa shape index (κ1) is 28.0. The van der Waals surface area contributed by atoms with Gasteiger partial charge in [-0.15, -0.1) is 0 Å². The Morgan fingerprint density at radius 1 is 0.718 bits per heavy atom. The van der Waals surface area contributed by atoms with Crippen molar-refractivity contribution < 1.29 is 25.9 Å². The van der Waals surface area contributed by atoms with Gasteiger partial charge in [0.05, 0.1) is 5.70 Å². The first-order valence-electron chi connectivity index (χ1n) is 10.2. The minimum absolute atomic E-state index is 0.133. The molecule has 0 aliphatic heterocycles. The summed E-state index contributed by atoms with van der Waals surface area (Å²) in [4.78, 5) is 23.2. The van der Waals surface area contributed by atoms with Crippen molar-refractivity contribution >= 4 is 79.0 Å². The molecule has 0 radical (unpaired) electrons. The lowest BCUT2D eigenvalue weighted by atomic mass is 10.1. The maximum absolute atomic E-state index is 12.4. The van der Waals surface area contributed by atoms with Gasteiger partial charge in [0, 0.05) is 5.56 Å². The van der Waals surface area contributed by atoms with E-state index < -0.39 is 52.5 Å². The van der Waals surface area contributed by atoms with E-state index in [1.54, 1.807) is 0 Å². The summed E-state index contributed by atoms with van der Waals surface area (Å²) in [5.74, 6) is -1.53. The Morgan fingerprint density at radius 2 is 1.18 bits per heavy atom. The first-order valence-corrected chi connectivity index (χ1v) is 13.9. The SMILES string of the molecule is Nc1nc(Cl)nc(N(C(=Cc2ccccc2S(=O)(=O)O)c2ccccc2S(=O)(=O)O)c2nc(N)nc(Cl)n2)n1. The molecule has 0 saturated heterocycles. The number of rotatable bonds is 7. The largest absolute Gasteiger partial charge is 0.368 e. The molecule has 0 spiro atoms. The molecule has 6 N–H and O–H groups in total. The number of nitrogens with two attached hydrogens (primary N) is 2. The molecule has 2 aromatic carbocycles. The zero-order valence-electron chi connectivity index (χ0n) is 19.1. The minimum atomic E-state index is -4.88. The van der Waals surface area contributed by atoms with Gasteiger partial charge in [-0.1, -0.05) is 36.4 Å². The summed E-state index contributed by atoms with van der Waals surface area (Å²) in [5, 5.41) is -0.784. The van der Waals surface area contributed by atoms with Crippen molar-refractivity contribution in [3.05, 3.63) is 70.2 Å². The molecule has 0 atom stereocenters. The van der Waals surface area contributed by atoms with Crippen LogP contribution in [0.2, 0.25) is 10.6 Å². The molecule has 0 bridgehead atoms. The summed E-state index contributed by atoms with van der Waals surface area (Å²) in [6.07, 6.45) is 1.13. The van der Waals surface area contributed by atoms with Crippen LogP contribution in [0.15, 0.2) is 58.3 Å². The van der Waals surface area contributed by atoms with E-state index >= 15 is 0 Å². The van der Waals surface area contributed by atoms with E-state index in [1.165, 1.54) is 36.4 Å². The van der Waals surface area contributed by atoms with Gasteiger partial charge in [0.2, 0.25) is 34.4 Å². The highest BCUT2D eigenvalue weighted by Gasteiger charge is 2.29. The van der Waals surface area contributed by atoms with Gasteiger partial charge in [-0.05, 0) is 47.0 Å². The lowest BCUT2D eigenvalue weighted by molar-refractivity contribution is 0.480. The lowest BCUT2D eigenvalue weighted by Crippen LogP contribution is -2.23. The smallest absolute Gasteiger partial charge is 0.295 e. The van der Waals surface area contributed by atoms with Gasteiger partial charge in [-0.2, -0.15) is 46.7 Å². The molecule has 4 rings (SSSR count). The number of nitrogens with zero attached hydrogens (tertiary/aromatic N) is 7. The van der Waals surface area contributed by atoms with Crippen LogP contribution in [-0.4, -0.2) is 55.8 Å². The van der Waals surface area contributed by atoms with E-state index in [0.717, 1.165) is 23.1 Å². The fraction of sp³-hybridized carbons (Fsp3) is 0. The van der Waals surface area contributed by atoms with E-state index in [4.69, 9.17) is 34.7 Å². The van der Waals surface area contributed by atoms with Gasteiger partial charge < -0.3 is 11.5 Å². The number of hydrogen-bond donors (Lipinski definition) is 4. The van der Waals surface area contributed by atoms with Crippen molar-refractivity contribution in [2.45, 2.75) is 9.79 Å². The van der Waals surface area contributed by atoms with Crippen molar-refractivity contribution in [3.8, 4) is 0 Å². The van der Waals surface area contributed by atoms with Crippen LogP contribution in [0, 0.1) is 0 Å². The molecular formula is C20H15Cl2N9O6S2. The first-order chi connectivity index (χ1) is 18.2. The highest BCUT2D eigenvalue weighted by atomic mass is 35.5. The number of aromatic nitrogens is 6. The fourth-order valence-corrected chi connectivity index (χ4v) is 5.06. The van der Waals surface area contributed by atoms with Gasteiger partial charge in [-0.3, -0.25) is 9.11 Å². The van der Waals surface area contributed by atoms with Crippen LogP contribution in [0.1, 0.15) is 11.1 Å². The molecule has 0 saturated carbocycles. The third kappa shape index (κ3) is 6.36. The third-order valence-corrected chi connectivity index (χ3v) is 6.98. The number of hydrogen-bond acceptors (Lipinski definition) is 13. The standard InChI is InChI=1S/C20H15Cl2N9O6S2/c21-15-25-17(23)29-19(27-15)31(20-28-16(22)26-18(24)30-20)12(11-6-2-4-8-14(11)39(35,36)37)9-10-5-1-3-7-13(10)38(32,33)34/h1-9H,(H,32,33,34)(H,35,36,37)(H2,23,25,27,29)(H2,24,26,28,30). The Morgan fingerprint density at radius 3 is 1.67 bits per heavy atom. The molecular weight excluding hydrogens is 597 g/mol. The van der Waals surface area contributed by atoms with Crippen molar-refractivity contribution in [1.82, 2.24) is 29.9 Å². The average Bonchev–Trinajstić information content (AvgIpc) is 2.81. The highest BCUT2D eigenvalue weighted by molar-refractivity contribution is 7.86. The zero-order valence-corrected chi connectivity index (χ0v) is 22.2. The monoisotopic (exact) mass is 611 g/mol. The molecule has 15 nitrogen and oxygen atoms in total. The molecule has 202 valence electrons. The number of halogens is 2. The number of nitrogen functional groups attached to an aromatic ring is 2. The number of benzene rings is 2. The molecule has 19 heteroatoms.